The van der Waals surface area contributed by atoms with Gasteiger partial charge in [0.15, 0.2) is 5.82 Å². The lowest BCUT2D eigenvalue weighted by atomic mass is 9.93. The molecular weight excluding hydrogens is 388 g/mol. The van der Waals surface area contributed by atoms with Crippen molar-refractivity contribution in [3.05, 3.63) is 46.1 Å². The third-order valence-electron chi connectivity index (χ3n) is 5.63. The van der Waals surface area contributed by atoms with E-state index >= 15 is 0 Å². The summed E-state index contributed by atoms with van der Waals surface area (Å²) in [7, 11) is 1.45. The molecule has 1 fully saturated rings. The van der Waals surface area contributed by atoms with E-state index in [0.29, 0.717) is 4.96 Å². The van der Waals surface area contributed by atoms with Crippen LogP contribution in [0.1, 0.15) is 47.6 Å². The van der Waals surface area contributed by atoms with Crippen LogP contribution >= 0.6 is 11.3 Å². The number of fused-ring (bicyclic) bond motifs is 1. The quantitative estimate of drug-likeness (QED) is 0.645. The first kappa shape index (κ1) is 19.8. The predicted octanol–water partition coefficient (Wildman–Crippen LogP) is 3.34. The molecule has 154 valence electrons. The van der Waals surface area contributed by atoms with Gasteiger partial charge in [0.2, 0.25) is 10.8 Å². The molecule has 3 heterocycles. The molecule has 3 aromatic rings. The highest BCUT2D eigenvalue weighted by Crippen LogP contribution is 2.41. The number of nitrogens with zero attached hydrogens (tertiary/aromatic N) is 4. The summed E-state index contributed by atoms with van der Waals surface area (Å²) in [5, 5.41) is 15.4. The predicted molar refractivity (Wildman–Crippen MR) is 111 cm³/mol. The molecule has 1 aliphatic rings. The molecule has 0 aliphatic carbocycles. The molecule has 0 radical (unpaired) electrons. The summed E-state index contributed by atoms with van der Waals surface area (Å²) in [6, 6.07) is 8.30. The lowest BCUT2D eigenvalue weighted by Crippen LogP contribution is -2.39. The minimum Gasteiger partial charge on any atom is -0.492 e. The molecule has 4 rings (SSSR count). The van der Waals surface area contributed by atoms with E-state index in [0.717, 1.165) is 48.6 Å². The van der Waals surface area contributed by atoms with Gasteiger partial charge in [0, 0.05) is 6.42 Å². The summed E-state index contributed by atoms with van der Waals surface area (Å²) < 4.78 is 6.47. The molecule has 0 bridgehead atoms. The molecule has 1 atom stereocenters. The molecule has 1 N–H and O–H groups in total. The van der Waals surface area contributed by atoms with Gasteiger partial charge in [0.05, 0.1) is 23.9 Å². The number of carbonyl (C=O) groups excluding carboxylic acids is 1. The Kier molecular flexibility index (Phi) is 5.56. The normalized spacial score (nSPS) is 16.9. The molecule has 0 saturated carbocycles. The molecule has 0 spiro atoms. The number of benzene rings is 1. The second-order valence-electron chi connectivity index (χ2n) is 7.51. The Morgan fingerprint density at radius 3 is 2.59 bits per heavy atom. The number of rotatable bonds is 5. The Morgan fingerprint density at radius 2 is 2.00 bits per heavy atom. The summed E-state index contributed by atoms with van der Waals surface area (Å²) in [6.45, 7) is 5.57. The van der Waals surface area contributed by atoms with Crippen molar-refractivity contribution < 1.29 is 14.6 Å². The number of hydrogen-bond acceptors (Lipinski definition) is 7. The molecule has 1 aliphatic heterocycles. The number of aryl methyl sites for hydroxylation is 2. The molecule has 8 heteroatoms. The van der Waals surface area contributed by atoms with Crippen LogP contribution in [0, 0.1) is 12.8 Å². The molecule has 2 aromatic heterocycles. The molecule has 7 nitrogen and oxygen atoms in total. The van der Waals surface area contributed by atoms with Crippen LogP contribution in [-0.4, -0.2) is 50.8 Å². The molecule has 1 aromatic carbocycles. The average molecular weight is 415 g/mol. The van der Waals surface area contributed by atoms with E-state index in [1.165, 1.54) is 24.0 Å². The lowest BCUT2D eigenvalue weighted by Gasteiger charge is -2.36. The summed E-state index contributed by atoms with van der Waals surface area (Å²) in [4.78, 5) is 20.3. The highest BCUT2D eigenvalue weighted by atomic mass is 32.1. The second kappa shape index (κ2) is 8.12. The molecule has 1 saturated heterocycles. The van der Waals surface area contributed by atoms with Crippen LogP contribution < -0.4 is 0 Å². The minimum absolute atomic E-state index is 0.0575. The van der Waals surface area contributed by atoms with Gasteiger partial charge in [-0.15, -0.1) is 5.10 Å². The smallest absolute Gasteiger partial charge is 0.308 e. The number of piperidine rings is 1. The highest BCUT2D eigenvalue weighted by molar-refractivity contribution is 7.17. The molecule has 0 amide bonds. The van der Waals surface area contributed by atoms with E-state index in [1.807, 2.05) is 6.92 Å². The van der Waals surface area contributed by atoms with Crippen LogP contribution in [0.2, 0.25) is 0 Å². The van der Waals surface area contributed by atoms with Gasteiger partial charge in [-0.3, -0.25) is 9.69 Å². The number of thiazole rings is 1. The lowest BCUT2D eigenvalue weighted by molar-refractivity contribution is -0.147. The summed E-state index contributed by atoms with van der Waals surface area (Å²) in [5.74, 6) is 0.685. The standard InChI is InChI=1S/C21H26N4O3S/c1-4-16-22-21-25(23-16)19(26)18(29-21)17(14-7-5-13(2)6-8-14)24-11-9-15(10-12-24)20(27)28-3/h5-8,15,17,26H,4,9-12H2,1-3H3/t17-/m0/s1. The van der Waals surface area contributed by atoms with E-state index in [2.05, 4.69) is 46.2 Å². The van der Waals surface area contributed by atoms with Gasteiger partial charge >= 0.3 is 5.97 Å². The van der Waals surface area contributed by atoms with Crippen molar-refractivity contribution in [2.24, 2.45) is 5.92 Å². The first-order chi connectivity index (χ1) is 14.0. The maximum atomic E-state index is 11.9. The number of methoxy groups -OCH3 is 1. The summed E-state index contributed by atoms with van der Waals surface area (Å²) >= 11 is 1.48. The van der Waals surface area contributed by atoms with Gasteiger partial charge in [0.1, 0.15) is 0 Å². The number of esters is 1. The topological polar surface area (TPSA) is 80.0 Å². The van der Waals surface area contributed by atoms with E-state index in [4.69, 9.17) is 4.74 Å². The maximum Gasteiger partial charge on any atom is 0.308 e. The van der Waals surface area contributed by atoms with Crippen molar-refractivity contribution in [3.63, 3.8) is 0 Å². The van der Waals surface area contributed by atoms with Gasteiger partial charge in [-0.1, -0.05) is 48.1 Å². The maximum absolute atomic E-state index is 11.9. The van der Waals surface area contributed by atoms with Crippen molar-refractivity contribution in [2.45, 2.75) is 39.2 Å². The highest BCUT2D eigenvalue weighted by Gasteiger charge is 2.34. The fourth-order valence-corrected chi connectivity index (χ4v) is 5.09. The third-order valence-corrected chi connectivity index (χ3v) is 6.70. The van der Waals surface area contributed by atoms with Crippen molar-refractivity contribution in [2.75, 3.05) is 20.2 Å². The van der Waals surface area contributed by atoms with Crippen LogP contribution in [-0.2, 0) is 16.0 Å². The minimum atomic E-state index is -0.134. The van der Waals surface area contributed by atoms with Crippen LogP contribution in [0.4, 0.5) is 0 Å². The third kappa shape index (κ3) is 3.74. The summed E-state index contributed by atoms with van der Waals surface area (Å²) in [6.07, 6.45) is 2.22. The number of aromatic nitrogens is 3. The zero-order chi connectivity index (χ0) is 20.5. The van der Waals surface area contributed by atoms with E-state index in [9.17, 15) is 9.90 Å². The Balaban J connectivity index is 1.70. The zero-order valence-electron chi connectivity index (χ0n) is 17.0. The molecular formula is C21H26N4O3S. The van der Waals surface area contributed by atoms with Gasteiger partial charge in [-0.2, -0.15) is 4.52 Å². The van der Waals surface area contributed by atoms with Crippen molar-refractivity contribution in [1.29, 1.82) is 0 Å². The van der Waals surface area contributed by atoms with Gasteiger partial charge < -0.3 is 9.84 Å². The largest absolute Gasteiger partial charge is 0.492 e. The van der Waals surface area contributed by atoms with E-state index < -0.39 is 0 Å². The Morgan fingerprint density at radius 1 is 1.31 bits per heavy atom. The fourth-order valence-electron chi connectivity index (χ4n) is 3.96. The number of likely N-dealkylation sites (tertiary alicyclic amines) is 1. The zero-order valence-corrected chi connectivity index (χ0v) is 17.8. The summed E-state index contributed by atoms with van der Waals surface area (Å²) in [5.41, 5.74) is 2.30. The molecule has 0 unspecified atom stereocenters. The van der Waals surface area contributed by atoms with Crippen LogP contribution in [0.3, 0.4) is 0 Å². The average Bonchev–Trinajstić information content (AvgIpc) is 3.29. The van der Waals surface area contributed by atoms with E-state index in [-0.39, 0.29) is 23.8 Å². The monoisotopic (exact) mass is 414 g/mol. The first-order valence-corrected chi connectivity index (χ1v) is 10.8. The van der Waals surface area contributed by atoms with Crippen LogP contribution in [0.5, 0.6) is 5.88 Å². The number of ether oxygens (including phenoxy) is 1. The number of hydrogen-bond donors (Lipinski definition) is 1. The van der Waals surface area contributed by atoms with Gasteiger partial charge in [-0.25, -0.2) is 4.98 Å². The Labute approximate surface area is 173 Å². The van der Waals surface area contributed by atoms with Crippen LogP contribution in [0.15, 0.2) is 24.3 Å². The van der Waals surface area contributed by atoms with Crippen molar-refractivity contribution in [3.8, 4) is 5.88 Å². The first-order valence-electron chi connectivity index (χ1n) is 9.97. The number of carbonyl (C=O) groups is 1. The van der Waals surface area contributed by atoms with E-state index in [1.54, 1.807) is 4.52 Å². The molecule has 29 heavy (non-hydrogen) atoms. The van der Waals surface area contributed by atoms with Crippen molar-refractivity contribution in [1.82, 2.24) is 19.5 Å². The Hall–Kier alpha value is -2.45. The van der Waals surface area contributed by atoms with Gasteiger partial charge in [-0.05, 0) is 38.4 Å². The van der Waals surface area contributed by atoms with Crippen LogP contribution in [0.25, 0.3) is 4.96 Å². The Bertz CT molecular complexity index is 1000. The number of aromatic hydroxyl groups is 1. The second-order valence-corrected chi connectivity index (χ2v) is 8.52. The van der Waals surface area contributed by atoms with Gasteiger partial charge in [0.25, 0.3) is 0 Å². The fraction of sp³-hybridized carbons (Fsp3) is 0.476. The van der Waals surface area contributed by atoms with Crippen molar-refractivity contribution >= 4 is 22.3 Å². The SMILES string of the molecule is CCc1nc2sc([C@H](c3ccc(C)cc3)N3CCC(C(=O)OC)CC3)c(O)n2n1.